The Morgan fingerprint density at radius 3 is 2.37 bits per heavy atom. The topological polar surface area (TPSA) is 133 Å². The number of methoxy groups -OCH3 is 1. The van der Waals surface area contributed by atoms with Crippen LogP contribution in [-0.4, -0.2) is 134 Å². The van der Waals surface area contributed by atoms with E-state index in [-0.39, 0.29) is 59.0 Å². The van der Waals surface area contributed by atoms with Crippen molar-refractivity contribution >= 4 is 50.9 Å². The molecule has 7 fully saturated rings. The van der Waals surface area contributed by atoms with Crippen LogP contribution in [0.3, 0.4) is 0 Å². The number of halogens is 2. The van der Waals surface area contributed by atoms with Crippen molar-refractivity contribution in [2.24, 2.45) is 28.6 Å². The second-order valence-corrected chi connectivity index (χ2v) is 23.7. The third-order valence-corrected chi connectivity index (χ3v) is 18.6. The summed E-state index contributed by atoms with van der Waals surface area (Å²) in [6.07, 6.45) is 17.1. The van der Waals surface area contributed by atoms with Crippen LogP contribution in [0, 0.1) is 52.6 Å². The number of nitrogens with zero attached hydrogens (tertiary/aromatic N) is 7. The minimum atomic E-state index is -0.792. The largest absolute Gasteiger partial charge is 0.468 e. The highest BCUT2D eigenvalue weighted by Gasteiger charge is 2.50. The van der Waals surface area contributed by atoms with Crippen molar-refractivity contribution in [2.45, 2.75) is 83.2 Å². The number of piperidine rings is 3. The van der Waals surface area contributed by atoms with Gasteiger partial charge in [-0.15, -0.1) is 6.42 Å². The van der Waals surface area contributed by atoms with Gasteiger partial charge in [-0.3, -0.25) is 24.6 Å². The lowest BCUT2D eigenvalue weighted by atomic mass is 9.57. The molecule has 13 rings (SSSR count). The van der Waals surface area contributed by atoms with Gasteiger partial charge in [0.05, 0.1) is 12.2 Å². The molecule has 2 bridgehead atoms. The van der Waals surface area contributed by atoms with Gasteiger partial charge in [-0.25, -0.2) is 8.78 Å². The first-order valence-corrected chi connectivity index (χ1v) is 27.6. The Labute approximate surface area is 442 Å². The molecule has 1 N–H and O–H groups in total. The monoisotopic (exact) mass is 1030 g/mol. The van der Waals surface area contributed by atoms with Crippen LogP contribution in [-0.2, 0) is 20.9 Å². The van der Waals surface area contributed by atoms with Gasteiger partial charge in [0.1, 0.15) is 28.9 Å². The van der Waals surface area contributed by atoms with E-state index < -0.39 is 17.7 Å². The fourth-order valence-corrected chi connectivity index (χ4v) is 14.4. The van der Waals surface area contributed by atoms with E-state index in [2.05, 4.69) is 36.9 Å². The molecule has 1 aromatic heterocycles. The number of ether oxygens (including phenoxy) is 3. The minimum Gasteiger partial charge on any atom is -0.468 e. The zero-order chi connectivity index (χ0) is 51.9. The number of terminal acetylenes is 1. The van der Waals surface area contributed by atoms with E-state index in [9.17, 15) is 14.4 Å². The van der Waals surface area contributed by atoms with E-state index >= 15 is 8.78 Å². The number of fused-ring (bicyclic) bond motifs is 5. The van der Waals surface area contributed by atoms with Crippen LogP contribution < -0.4 is 24.6 Å². The standard InChI is InChI=1S/C60H66F2N8O6/c1-3-40-5-4-6-41-25-44(76-36-74-2)26-46(51(40)41)52-48(61)27-47-54(53(52)62)64-58(65-55(47)69-31-37-7-8-38(23-37)32-69)75-35-60(13-14-60)34-67-17-15-59(16-18-67)28-39(29-59)30-66-19-21-68(22-20-66)43-9-10-45-42(24-43)33-70(57(45)73)49-11-12-50(71)63-56(49)72/h1,4-6,9-10,24-27,37-39,49H,7-8,11-23,28-36H2,2H3,(H,63,71,72)/t37?,38?,49-/m0/s1. The summed E-state index contributed by atoms with van der Waals surface area (Å²) in [4.78, 5) is 58.8. The summed E-state index contributed by atoms with van der Waals surface area (Å²) >= 11 is 0. The van der Waals surface area contributed by atoms with Crippen molar-refractivity contribution < 1.29 is 37.4 Å². The Balaban J connectivity index is 0.640. The van der Waals surface area contributed by atoms with E-state index in [4.69, 9.17) is 30.6 Å². The molecule has 0 radical (unpaired) electrons. The van der Waals surface area contributed by atoms with Gasteiger partial charge in [-0.1, -0.05) is 18.1 Å². The highest BCUT2D eigenvalue weighted by Crippen LogP contribution is 2.54. The number of hydrogen-bond acceptors (Lipinski definition) is 12. The maximum Gasteiger partial charge on any atom is 0.319 e. The molecule has 8 aliphatic rings. The van der Waals surface area contributed by atoms with Crippen LogP contribution in [0.2, 0.25) is 0 Å². The SMILES string of the molecule is C#Cc1cccc2cc(OCOC)cc(-c3c(F)cc4c(N5CC6CCC(C6)C5)nc(OCC5(CN6CCC7(CC6)CC(CN6CCN(c8ccc9c(c8)CN([C@H]8CCC(=O)NC8=O)C9=O)CC6)C7)CC5)nc4c3F)c12. The lowest BCUT2D eigenvalue weighted by Crippen LogP contribution is -2.53. The number of anilines is 2. The van der Waals surface area contributed by atoms with Gasteiger partial charge in [0.15, 0.2) is 12.6 Å². The Kier molecular flexibility index (Phi) is 12.7. The summed E-state index contributed by atoms with van der Waals surface area (Å²) < 4.78 is 51.9. The molecule has 76 heavy (non-hydrogen) atoms. The number of amides is 3. The Bertz CT molecular complexity index is 3180. The van der Waals surface area contributed by atoms with Crippen molar-refractivity contribution in [3.8, 4) is 35.2 Å². The number of likely N-dealkylation sites (tertiary alicyclic amines) is 1. The first-order valence-electron chi connectivity index (χ1n) is 27.6. The molecule has 14 nitrogen and oxygen atoms in total. The van der Waals surface area contributed by atoms with Crippen LogP contribution >= 0.6 is 0 Å². The fraction of sp³-hybridized carbons (Fsp3) is 0.517. The number of rotatable bonds is 14. The number of piperazine rings is 1. The van der Waals surface area contributed by atoms with Crippen molar-refractivity contribution in [3.63, 3.8) is 0 Å². The maximum absolute atomic E-state index is 17.5. The normalized spacial score (nSPS) is 24.3. The number of benzene rings is 4. The molecular formula is C60H66F2N8O6. The number of carbonyl (C=O) groups is 3. The van der Waals surface area contributed by atoms with Gasteiger partial charge in [0.25, 0.3) is 5.91 Å². The molecule has 2 unspecified atom stereocenters. The fourth-order valence-electron chi connectivity index (χ4n) is 14.4. The van der Waals surface area contributed by atoms with Crippen molar-refractivity contribution in [1.82, 2.24) is 30.0 Å². The lowest BCUT2D eigenvalue weighted by molar-refractivity contribution is -0.136. The molecule has 4 saturated heterocycles. The van der Waals surface area contributed by atoms with Gasteiger partial charge in [0.2, 0.25) is 11.8 Å². The molecule has 3 aliphatic carbocycles. The van der Waals surface area contributed by atoms with Crippen LogP contribution in [0.5, 0.6) is 11.8 Å². The number of carbonyl (C=O) groups excluding carboxylic acids is 3. The molecule has 5 aliphatic heterocycles. The second-order valence-electron chi connectivity index (χ2n) is 23.7. The molecule has 5 aromatic rings. The number of imide groups is 1. The zero-order valence-corrected chi connectivity index (χ0v) is 43.4. The smallest absolute Gasteiger partial charge is 0.319 e. The number of nitrogens with one attached hydrogen (secondary N) is 1. The van der Waals surface area contributed by atoms with Crippen LogP contribution in [0.15, 0.2) is 54.6 Å². The third kappa shape index (κ3) is 9.19. The molecule has 6 heterocycles. The maximum atomic E-state index is 17.5. The molecule has 4 aromatic carbocycles. The van der Waals surface area contributed by atoms with E-state index in [0.717, 1.165) is 108 Å². The predicted octanol–water partition coefficient (Wildman–Crippen LogP) is 8.16. The van der Waals surface area contributed by atoms with Gasteiger partial charge >= 0.3 is 6.01 Å². The number of hydrogen-bond donors (Lipinski definition) is 1. The number of aromatic nitrogens is 2. The first-order chi connectivity index (χ1) is 36.9. The summed E-state index contributed by atoms with van der Waals surface area (Å²) in [7, 11) is 1.52. The van der Waals surface area contributed by atoms with Crippen LogP contribution in [0.4, 0.5) is 20.3 Å². The van der Waals surface area contributed by atoms with Gasteiger partial charge in [0, 0.05) is 111 Å². The summed E-state index contributed by atoms with van der Waals surface area (Å²) in [6.45, 7) is 10.4. The van der Waals surface area contributed by atoms with E-state index in [1.807, 2.05) is 24.3 Å². The average Bonchev–Trinajstić information content (AvgIpc) is 4.03. The van der Waals surface area contributed by atoms with Gasteiger partial charge in [-0.05, 0) is 154 Å². The average molecular weight is 1030 g/mol. The predicted molar refractivity (Wildman–Crippen MR) is 285 cm³/mol. The summed E-state index contributed by atoms with van der Waals surface area (Å²) in [5.41, 5.74) is 3.70. The van der Waals surface area contributed by atoms with Crippen molar-refractivity contribution in [2.75, 3.05) is 95.8 Å². The molecule has 3 atom stereocenters. The van der Waals surface area contributed by atoms with E-state index in [1.165, 1.54) is 45.3 Å². The van der Waals surface area contributed by atoms with E-state index in [1.54, 1.807) is 23.1 Å². The Morgan fingerprint density at radius 1 is 0.842 bits per heavy atom. The second kappa shape index (κ2) is 19.6. The van der Waals surface area contributed by atoms with Crippen molar-refractivity contribution in [3.05, 3.63) is 82.9 Å². The molecule has 1 spiro atoms. The molecule has 396 valence electrons. The Hall–Kier alpha value is -6.41. The highest BCUT2D eigenvalue weighted by molar-refractivity contribution is 6.06. The highest BCUT2D eigenvalue weighted by atomic mass is 19.1. The third-order valence-electron chi connectivity index (χ3n) is 18.6. The summed E-state index contributed by atoms with van der Waals surface area (Å²) in [6, 6.07) is 15.8. The molecule has 3 amide bonds. The summed E-state index contributed by atoms with van der Waals surface area (Å²) in [5, 5.41) is 3.96. The summed E-state index contributed by atoms with van der Waals surface area (Å²) in [5.74, 6) is 3.06. The molecular weight excluding hydrogens is 967 g/mol. The minimum absolute atomic E-state index is 0.0218. The zero-order valence-electron chi connectivity index (χ0n) is 43.4. The molecule has 16 heteroatoms. The van der Waals surface area contributed by atoms with Gasteiger partial charge in [-0.2, -0.15) is 9.97 Å². The van der Waals surface area contributed by atoms with Crippen LogP contribution in [0.1, 0.15) is 92.1 Å². The molecule has 3 saturated carbocycles. The quantitative estimate of drug-likeness (QED) is 0.0654. The first kappa shape index (κ1) is 49.2. The van der Waals surface area contributed by atoms with E-state index in [0.29, 0.717) is 75.7 Å². The Morgan fingerprint density at radius 2 is 1.63 bits per heavy atom. The van der Waals surface area contributed by atoms with Crippen LogP contribution in [0.25, 0.3) is 32.8 Å². The van der Waals surface area contributed by atoms with Gasteiger partial charge < -0.3 is 33.8 Å². The lowest BCUT2D eigenvalue weighted by Gasteiger charge is -2.54. The van der Waals surface area contributed by atoms with Crippen molar-refractivity contribution in [1.29, 1.82) is 0 Å².